The Balaban J connectivity index is 0.000000921. The normalized spacial score (nSPS) is 22.8. The highest BCUT2D eigenvalue weighted by Crippen LogP contribution is 2.06. The van der Waals surface area contributed by atoms with E-state index in [9.17, 15) is 4.79 Å². The second-order valence-electron chi connectivity index (χ2n) is 3.74. The standard InChI is InChI=1S/C10H18N2O.C2H6/c1-4-10(13)8-12-6-5-11(3)9(2)7-12;1-2/h4,9H,1,5-8H2,2-3H3;1-2H3. The molecule has 3 nitrogen and oxygen atoms in total. The maximum atomic E-state index is 11.1. The Morgan fingerprint density at radius 2 is 2.07 bits per heavy atom. The molecule has 1 fully saturated rings. The molecule has 0 amide bonds. The number of likely N-dealkylation sites (N-methyl/N-ethyl adjacent to an activating group) is 1. The molecule has 1 atom stereocenters. The van der Waals surface area contributed by atoms with Gasteiger partial charge < -0.3 is 4.90 Å². The van der Waals surface area contributed by atoms with Crippen molar-refractivity contribution in [3.63, 3.8) is 0 Å². The summed E-state index contributed by atoms with van der Waals surface area (Å²) in [5.74, 6) is 0.122. The second-order valence-corrected chi connectivity index (χ2v) is 3.74. The maximum absolute atomic E-state index is 11.1. The van der Waals surface area contributed by atoms with Gasteiger partial charge in [0.1, 0.15) is 0 Å². The van der Waals surface area contributed by atoms with Gasteiger partial charge in [-0.3, -0.25) is 9.69 Å². The number of carbonyl (C=O) groups excluding carboxylic acids is 1. The van der Waals surface area contributed by atoms with Crippen LogP contribution >= 0.6 is 0 Å². The van der Waals surface area contributed by atoms with Crippen LogP contribution in [0.5, 0.6) is 0 Å². The molecule has 1 unspecified atom stereocenters. The van der Waals surface area contributed by atoms with Crippen LogP contribution in [0.1, 0.15) is 20.8 Å². The fourth-order valence-corrected chi connectivity index (χ4v) is 1.55. The monoisotopic (exact) mass is 212 g/mol. The first-order chi connectivity index (χ1) is 7.13. The predicted octanol–water partition coefficient (Wildman–Crippen LogP) is 1.40. The Kier molecular flexibility index (Phi) is 7.26. The molecule has 0 spiro atoms. The molecule has 1 aliphatic rings. The average molecular weight is 212 g/mol. The molecule has 1 heterocycles. The lowest BCUT2D eigenvalue weighted by atomic mass is 10.2. The van der Waals surface area contributed by atoms with Crippen LogP contribution in [-0.2, 0) is 4.79 Å². The van der Waals surface area contributed by atoms with Crippen molar-refractivity contribution in [1.29, 1.82) is 0 Å². The van der Waals surface area contributed by atoms with E-state index < -0.39 is 0 Å². The summed E-state index contributed by atoms with van der Waals surface area (Å²) < 4.78 is 0. The van der Waals surface area contributed by atoms with Crippen LogP contribution < -0.4 is 0 Å². The Bertz CT molecular complexity index is 204. The Morgan fingerprint density at radius 3 is 2.53 bits per heavy atom. The van der Waals surface area contributed by atoms with Gasteiger partial charge in [0.15, 0.2) is 5.78 Å². The van der Waals surface area contributed by atoms with Gasteiger partial charge in [0.05, 0.1) is 6.54 Å². The van der Waals surface area contributed by atoms with E-state index in [0.717, 1.165) is 19.6 Å². The van der Waals surface area contributed by atoms with Crippen molar-refractivity contribution in [1.82, 2.24) is 9.80 Å². The van der Waals surface area contributed by atoms with Gasteiger partial charge in [0, 0.05) is 25.7 Å². The Morgan fingerprint density at radius 1 is 1.47 bits per heavy atom. The van der Waals surface area contributed by atoms with E-state index >= 15 is 0 Å². The molecule has 1 rings (SSSR count). The van der Waals surface area contributed by atoms with Crippen LogP contribution in [0.25, 0.3) is 0 Å². The van der Waals surface area contributed by atoms with Crippen LogP contribution in [0, 0.1) is 0 Å². The summed E-state index contributed by atoms with van der Waals surface area (Å²) >= 11 is 0. The Labute approximate surface area is 93.7 Å². The first-order valence-electron chi connectivity index (χ1n) is 5.71. The number of hydrogen-bond acceptors (Lipinski definition) is 3. The lowest BCUT2D eigenvalue weighted by Crippen LogP contribution is -2.51. The van der Waals surface area contributed by atoms with Crippen molar-refractivity contribution in [2.24, 2.45) is 0 Å². The number of carbonyl (C=O) groups is 1. The van der Waals surface area contributed by atoms with Crippen LogP contribution in [0.2, 0.25) is 0 Å². The topological polar surface area (TPSA) is 23.6 Å². The minimum absolute atomic E-state index is 0.122. The fourth-order valence-electron chi connectivity index (χ4n) is 1.55. The highest BCUT2D eigenvalue weighted by Gasteiger charge is 2.20. The molecule has 0 N–H and O–H groups in total. The molecular weight excluding hydrogens is 188 g/mol. The molecular formula is C12H24N2O. The largest absolute Gasteiger partial charge is 0.301 e. The van der Waals surface area contributed by atoms with Crippen molar-refractivity contribution >= 4 is 5.78 Å². The van der Waals surface area contributed by atoms with Crippen molar-refractivity contribution in [3.8, 4) is 0 Å². The second kappa shape index (κ2) is 7.60. The van der Waals surface area contributed by atoms with Gasteiger partial charge in [0.25, 0.3) is 0 Å². The summed E-state index contributed by atoms with van der Waals surface area (Å²) in [6.45, 7) is 13.2. The van der Waals surface area contributed by atoms with Gasteiger partial charge in [-0.15, -0.1) is 0 Å². The zero-order chi connectivity index (χ0) is 11.8. The SMILES string of the molecule is C=CC(=O)CN1CCN(C)C(C)C1.CC. The van der Waals surface area contributed by atoms with Crippen molar-refractivity contribution in [2.45, 2.75) is 26.8 Å². The van der Waals surface area contributed by atoms with Crippen LogP contribution in [0.3, 0.4) is 0 Å². The number of piperazine rings is 1. The maximum Gasteiger partial charge on any atom is 0.169 e. The summed E-state index contributed by atoms with van der Waals surface area (Å²) in [6.07, 6.45) is 1.41. The van der Waals surface area contributed by atoms with Gasteiger partial charge in [-0.05, 0) is 20.0 Å². The van der Waals surface area contributed by atoms with Gasteiger partial charge in [-0.1, -0.05) is 20.4 Å². The summed E-state index contributed by atoms with van der Waals surface area (Å²) in [4.78, 5) is 15.6. The van der Waals surface area contributed by atoms with Crippen molar-refractivity contribution in [2.75, 3.05) is 33.2 Å². The molecule has 0 bridgehead atoms. The van der Waals surface area contributed by atoms with Crippen LogP contribution in [0.4, 0.5) is 0 Å². The number of rotatable bonds is 3. The molecule has 0 aromatic carbocycles. The summed E-state index contributed by atoms with van der Waals surface area (Å²) in [6, 6.07) is 0.548. The lowest BCUT2D eigenvalue weighted by Gasteiger charge is -2.37. The van der Waals surface area contributed by atoms with Crippen LogP contribution in [0.15, 0.2) is 12.7 Å². The molecule has 88 valence electrons. The molecule has 0 aromatic rings. The summed E-state index contributed by atoms with van der Waals surface area (Å²) in [7, 11) is 2.12. The van der Waals surface area contributed by atoms with E-state index in [1.165, 1.54) is 6.08 Å². The zero-order valence-electron chi connectivity index (χ0n) is 10.5. The molecule has 0 radical (unpaired) electrons. The first-order valence-corrected chi connectivity index (χ1v) is 5.71. The van der Waals surface area contributed by atoms with Crippen molar-refractivity contribution in [3.05, 3.63) is 12.7 Å². The fraction of sp³-hybridized carbons (Fsp3) is 0.750. The van der Waals surface area contributed by atoms with E-state index in [-0.39, 0.29) is 5.78 Å². The average Bonchev–Trinajstić information content (AvgIpc) is 2.26. The van der Waals surface area contributed by atoms with Crippen molar-refractivity contribution < 1.29 is 4.79 Å². The third kappa shape index (κ3) is 5.09. The molecule has 3 heteroatoms. The third-order valence-corrected chi connectivity index (χ3v) is 2.65. The third-order valence-electron chi connectivity index (χ3n) is 2.65. The highest BCUT2D eigenvalue weighted by molar-refractivity contribution is 5.90. The molecule has 1 aliphatic heterocycles. The minimum Gasteiger partial charge on any atom is -0.301 e. The van der Waals surface area contributed by atoms with E-state index in [0.29, 0.717) is 12.6 Å². The van der Waals surface area contributed by atoms with Crippen LogP contribution in [-0.4, -0.2) is 54.9 Å². The summed E-state index contributed by atoms with van der Waals surface area (Å²) in [5.41, 5.74) is 0. The molecule has 1 saturated heterocycles. The molecule has 0 saturated carbocycles. The summed E-state index contributed by atoms with van der Waals surface area (Å²) in [5, 5.41) is 0. The quantitative estimate of drug-likeness (QED) is 0.661. The van der Waals surface area contributed by atoms with Gasteiger partial charge in [0.2, 0.25) is 0 Å². The number of hydrogen-bond donors (Lipinski definition) is 0. The van der Waals surface area contributed by atoms with Gasteiger partial charge in [-0.25, -0.2) is 0 Å². The highest BCUT2D eigenvalue weighted by atomic mass is 16.1. The Hall–Kier alpha value is -0.670. The lowest BCUT2D eigenvalue weighted by molar-refractivity contribution is -0.116. The zero-order valence-corrected chi connectivity index (χ0v) is 10.5. The van der Waals surface area contributed by atoms with E-state index in [4.69, 9.17) is 0 Å². The first kappa shape index (κ1) is 14.3. The minimum atomic E-state index is 0.122. The smallest absolute Gasteiger partial charge is 0.169 e. The van der Waals surface area contributed by atoms with Gasteiger partial charge >= 0.3 is 0 Å². The number of nitrogens with zero attached hydrogens (tertiary/aromatic N) is 2. The predicted molar refractivity (Wildman–Crippen MR) is 65.1 cm³/mol. The molecule has 0 aliphatic carbocycles. The van der Waals surface area contributed by atoms with E-state index in [1.807, 2.05) is 13.8 Å². The molecule has 0 aromatic heterocycles. The number of ketones is 1. The van der Waals surface area contributed by atoms with E-state index in [2.05, 4.69) is 30.4 Å². The molecule has 15 heavy (non-hydrogen) atoms. The van der Waals surface area contributed by atoms with E-state index in [1.54, 1.807) is 0 Å². The van der Waals surface area contributed by atoms with Gasteiger partial charge in [-0.2, -0.15) is 0 Å².